The Hall–Kier alpha value is -4.18. The van der Waals surface area contributed by atoms with E-state index >= 15 is 0 Å². The van der Waals surface area contributed by atoms with Crippen LogP contribution in [-0.2, 0) is 5.41 Å². The minimum atomic E-state index is 0.0919. The first-order valence-corrected chi connectivity index (χ1v) is 14.7. The minimum Gasteiger partial charge on any atom is -0.264 e. The fourth-order valence-corrected chi connectivity index (χ4v) is 9.21. The lowest BCUT2D eigenvalue weighted by molar-refractivity contribution is -0.0399. The van der Waals surface area contributed by atoms with E-state index in [9.17, 15) is 0 Å². The highest BCUT2D eigenvalue weighted by molar-refractivity contribution is 5.91. The molecule has 0 aliphatic heterocycles. The zero-order valence-corrected chi connectivity index (χ0v) is 22.4. The molecule has 0 amide bonds. The molecule has 2 aromatic heterocycles. The zero-order chi connectivity index (χ0) is 26.3. The van der Waals surface area contributed by atoms with Gasteiger partial charge < -0.3 is 0 Å². The Labute approximate surface area is 234 Å². The molecule has 0 unspecified atom stereocenters. The number of rotatable bonds is 3. The maximum Gasteiger partial charge on any atom is 0.164 e. The van der Waals surface area contributed by atoms with Gasteiger partial charge in [0.2, 0.25) is 0 Å². The summed E-state index contributed by atoms with van der Waals surface area (Å²) in [6.45, 7) is 0. The molecule has 0 saturated heterocycles. The number of fused-ring (bicyclic) bond motifs is 3. The van der Waals surface area contributed by atoms with E-state index in [2.05, 4.69) is 59.7 Å². The minimum absolute atomic E-state index is 0.0919. The fraction of sp³-hybridized carbons (Fsp3) is 0.278. The molecule has 40 heavy (non-hydrogen) atoms. The van der Waals surface area contributed by atoms with Crippen molar-refractivity contribution in [2.75, 3.05) is 0 Å². The third-order valence-corrected chi connectivity index (χ3v) is 10.4. The average molecular weight is 519 g/mol. The van der Waals surface area contributed by atoms with Crippen LogP contribution < -0.4 is 0 Å². The molecular formula is C36H30N4. The standard InChI is InChI=1S/C36H30N4/c1-3-8-24(9-4-1)33-38-34(25-10-5-2-6-11-25)40-35(39-33)28-12-7-13-31-32(28)29-21-37-15-14-30(29)36(31)26-17-22-16-23(19-26)20-27(36)18-22/h1-15,21-23,26-27H,16-20H2. The normalized spacial score (nSPS) is 27.1. The highest BCUT2D eigenvalue weighted by Gasteiger charge is 2.61. The van der Waals surface area contributed by atoms with E-state index < -0.39 is 0 Å². The second-order valence-electron chi connectivity index (χ2n) is 12.4. The van der Waals surface area contributed by atoms with Gasteiger partial charge in [-0.3, -0.25) is 4.98 Å². The van der Waals surface area contributed by atoms with Gasteiger partial charge >= 0.3 is 0 Å². The summed E-state index contributed by atoms with van der Waals surface area (Å²) in [4.78, 5) is 19.9. The van der Waals surface area contributed by atoms with Crippen LogP contribution in [0.4, 0.5) is 0 Å². The van der Waals surface area contributed by atoms with Crippen LogP contribution in [0.25, 0.3) is 45.3 Å². The molecule has 0 atom stereocenters. The summed E-state index contributed by atoms with van der Waals surface area (Å²) in [6, 6.07) is 29.7. The first-order valence-electron chi connectivity index (χ1n) is 14.7. The molecule has 4 fully saturated rings. The van der Waals surface area contributed by atoms with Gasteiger partial charge in [-0.15, -0.1) is 0 Å². The predicted molar refractivity (Wildman–Crippen MR) is 157 cm³/mol. The Morgan fingerprint density at radius 1 is 0.525 bits per heavy atom. The lowest BCUT2D eigenvalue weighted by atomic mass is 9.43. The molecule has 4 nitrogen and oxygen atoms in total. The summed E-state index contributed by atoms with van der Waals surface area (Å²) < 4.78 is 0. The van der Waals surface area contributed by atoms with Gasteiger partial charge in [-0.1, -0.05) is 78.9 Å². The Kier molecular flexibility index (Phi) is 4.75. The third-order valence-electron chi connectivity index (χ3n) is 10.4. The summed E-state index contributed by atoms with van der Waals surface area (Å²) in [5, 5.41) is 0. The summed E-state index contributed by atoms with van der Waals surface area (Å²) in [5.41, 5.74) is 8.74. The van der Waals surface area contributed by atoms with Crippen molar-refractivity contribution in [2.45, 2.75) is 37.5 Å². The largest absolute Gasteiger partial charge is 0.264 e. The van der Waals surface area contributed by atoms with Gasteiger partial charge in [-0.2, -0.15) is 0 Å². The van der Waals surface area contributed by atoms with Crippen molar-refractivity contribution < 1.29 is 0 Å². The number of hydrogen-bond donors (Lipinski definition) is 0. The molecule has 4 heteroatoms. The van der Waals surface area contributed by atoms with Crippen molar-refractivity contribution in [1.82, 2.24) is 19.9 Å². The molecule has 2 heterocycles. The van der Waals surface area contributed by atoms with Crippen molar-refractivity contribution in [3.05, 3.63) is 108 Å². The van der Waals surface area contributed by atoms with Crippen LogP contribution in [0.3, 0.4) is 0 Å². The lowest BCUT2D eigenvalue weighted by Gasteiger charge is -2.61. The van der Waals surface area contributed by atoms with Gasteiger partial charge in [0.25, 0.3) is 0 Å². The van der Waals surface area contributed by atoms with Gasteiger partial charge in [-0.05, 0) is 78.5 Å². The Morgan fingerprint density at radius 3 is 1.75 bits per heavy atom. The second-order valence-corrected chi connectivity index (χ2v) is 12.4. The average Bonchev–Trinajstić information content (AvgIpc) is 3.31. The number of hydrogen-bond acceptors (Lipinski definition) is 4. The molecule has 194 valence electrons. The molecule has 5 aliphatic carbocycles. The predicted octanol–water partition coefficient (Wildman–Crippen LogP) is 7.99. The second kappa shape index (κ2) is 8.41. The van der Waals surface area contributed by atoms with E-state index in [1.807, 2.05) is 42.6 Å². The molecule has 5 aromatic rings. The van der Waals surface area contributed by atoms with Crippen molar-refractivity contribution in [3.8, 4) is 45.3 Å². The van der Waals surface area contributed by atoms with Crippen LogP contribution in [0, 0.1) is 23.7 Å². The Morgan fingerprint density at radius 2 is 1.12 bits per heavy atom. The smallest absolute Gasteiger partial charge is 0.164 e. The number of nitrogens with zero attached hydrogens (tertiary/aromatic N) is 4. The number of pyridine rings is 1. The van der Waals surface area contributed by atoms with Crippen LogP contribution in [-0.4, -0.2) is 19.9 Å². The first kappa shape index (κ1) is 22.6. The van der Waals surface area contributed by atoms with Crippen molar-refractivity contribution in [1.29, 1.82) is 0 Å². The Bertz CT molecular complexity index is 1680. The molecule has 10 rings (SSSR count). The third kappa shape index (κ3) is 3.08. The maximum atomic E-state index is 5.13. The van der Waals surface area contributed by atoms with Gasteiger partial charge in [0, 0.05) is 40.1 Å². The van der Waals surface area contributed by atoms with Crippen LogP contribution in [0.5, 0.6) is 0 Å². The van der Waals surface area contributed by atoms with Crippen molar-refractivity contribution >= 4 is 0 Å². The number of benzene rings is 3. The van der Waals surface area contributed by atoms with E-state index in [1.54, 1.807) is 0 Å². The topological polar surface area (TPSA) is 51.6 Å². The first-order chi connectivity index (χ1) is 19.8. The highest BCUT2D eigenvalue weighted by atomic mass is 15.0. The summed E-state index contributed by atoms with van der Waals surface area (Å²) >= 11 is 0. The van der Waals surface area contributed by atoms with Gasteiger partial charge in [0.15, 0.2) is 17.5 Å². The van der Waals surface area contributed by atoms with E-state index in [4.69, 9.17) is 15.0 Å². The quantitative estimate of drug-likeness (QED) is 0.243. The lowest BCUT2D eigenvalue weighted by Crippen LogP contribution is -2.55. The fourth-order valence-electron chi connectivity index (χ4n) is 9.21. The van der Waals surface area contributed by atoms with Gasteiger partial charge in [0.1, 0.15) is 0 Å². The monoisotopic (exact) mass is 518 g/mol. The molecule has 4 saturated carbocycles. The van der Waals surface area contributed by atoms with Gasteiger partial charge in [0.05, 0.1) is 0 Å². The SMILES string of the molecule is c1ccc(-c2nc(-c3ccccc3)nc(-c3cccc4c3-c3cnccc3C43C4CC5CC(C4)CC3C5)n2)cc1. The Balaban J connectivity index is 1.30. The summed E-state index contributed by atoms with van der Waals surface area (Å²) in [6.07, 6.45) is 11.0. The molecule has 5 aliphatic rings. The van der Waals surface area contributed by atoms with Gasteiger partial charge in [-0.25, -0.2) is 15.0 Å². The van der Waals surface area contributed by atoms with E-state index in [0.717, 1.165) is 34.4 Å². The van der Waals surface area contributed by atoms with Crippen molar-refractivity contribution in [2.24, 2.45) is 23.7 Å². The van der Waals surface area contributed by atoms with Crippen LogP contribution >= 0.6 is 0 Å². The van der Waals surface area contributed by atoms with Crippen LogP contribution in [0.1, 0.15) is 43.2 Å². The maximum absolute atomic E-state index is 5.13. The molecule has 0 N–H and O–H groups in total. The summed E-state index contributed by atoms with van der Waals surface area (Å²) in [5.74, 6) is 5.39. The summed E-state index contributed by atoms with van der Waals surface area (Å²) in [7, 11) is 0. The van der Waals surface area contributed by atoms with Crippen molar-refractivity contribution in [3.63, 3.8) is 0 Å². The van der Waals surface area contributed by atoms with Crippen LogP contribution in [0.15, 0.2) is 97.3 Å². The highest BCUT2D eigenvalue weighted by Crippen LogP contribution is 2.69. The van der Waals surface area contributed by atoms with E-state index in [0.29, 0.717) is 23.5 Å². The van der Waals surface area contributed by atoms with Crippen LogP contribution in [0.2, 0.25) is 0 Å². The number of aromatic nitrogens is 4. The molecule has 1 spiro atoms. The van der Waals surface area contributed by atoms with E-state index in [-0.39, 0.29) is 5.41 Å². The molecule has 4 bridgehead atoms. The molecular weight excluding hydrogens is 488 g/mol. The molecule has 0 radical (unpaired) electrons. The molecule has 3 aromatic carbocycles. The zero-order valence-electron chi connectivity index (χ0n) is 22.4. The van der Waals surface area contributed by atoms with E-state index in [1.165, 1.54) is 54.4 Å².